The molecule has 2 aromatic carbocycles. The van der Waals surface area contributed by atoms with Crippen molar-refractivity contribution in [3.05, 3.63) is 64.7 Å². The van der Waals surface area contributed by atoms with Crippen LogP contribution >= 0.6 is 12.4 Å². The Labute approximate surface area is 149 Å². The molecule has 0 saturated carbocycles. The smallest absolute Gasteiger partial charge is 0.309 e. The van der Waals surface area contributed by atoms with Gasteiger partial charge >= 0.3 is 6.18 Å². The summed E-state index contributed by atoms with van der Waals surface area (Å²) < 4.78 is 65.8. The normalized spacial score (nSPS) is 14.0. The standard InChI is InChI=1S/C16H15F3N2O2S.ClH/c17-16(18,19)14-3-1-2-4-15(14)24(22,23)21-8-11-5-6-12-9-20-10-13(12)7-11;/h1-7,20-21H,8-10H2;1H. The number of hydrogen-bond acceptors (Lipinski definition) is 3. The van der Waals surface area contributed by atoms with Crippen LogP contribution in [-0.2, 0) is 35.8 Å². The summed E-state index contributed by atoms with van der Waals surface area (Å²) in [5.41, 5.74) is 1.74. The van der Waals surface area contributed by atoms with Gasteiger partial charge in [-0.1, -0.05) is 30.3 Å². The second-order valence-corrected chi connectivity index (χ2v) is 7.26. The first kappa shape index (κ1) is 19.7. The number of fused-ring (bicyclic) bond motifs is 1. The molecule has 9 heteroatoms. The maximum atomic E-state index is 13.0. The molecule has 25 heavy (non-hydrogen) atoms. The summed E-state index contributed by atoms with van der Waals surface area (Å²) in [7, 11) is -4.27. The van der Waals surface area contributed by atoms with Gasteiger partial charge in [-0.3, -0.25) is 0 Å². The highest BCUT2D eigenvalue weighted by Gasteiger charge is 2.36. The van der Waals surface area contributed by atoms with Gasteiger partial charge in [0.15, 0.2) is 0 Å². The number of alkyl halides is 3. The third-order valence-electron chi connectivity index (χ3n) is 3.85. The van der Waals surface area contributed by atoms with E-state index in [1.807, 2.05) is 12.1 Å². The predicted octanol–water partition coefficient (Wildman–Crippen LogP) is 3.21. The van der Waals surface area contributed by atoms with Crippen molar-refractivity contribution in [3.8, 4) is 0 Å². The molecule has 2 aromatic rings. The molecule has 3 rings (SSSR count). The van der Waals surface area contributed by atoms with E-state index in [9.17, 15) is 21.6 Å². The van der Waals surface area contributed by atoms with Crippen LogP contribution in [0.4, 0.5) is 13.2 Å². The molecule has 0 bridgehead atoms. The third kappa shape index (κ3) is 4.33. The minimum Gasteiger partial charge on any atom is -0.309 e. The molecular weight excluding hydrogens is 377 g/mol. The van der Waals surface area contributed by atoms with Crippen molar-refractivity contribution in [3.63, 3.8) is 0 Å². The van der Waals surface area contributed by atoms with Crippen molar-refractivity contribution in [1.29, 1.82) is 0 Å². The van der Waals surface area contributed by atoms with Crippen molar-refractivity contribution in [2.45, 2.75) is 30.7 Å². The van der Waals surface area contributed by atoms with E-state index >= 15 is 0 Å². The topological polar surface area (TPSA) is 58.2 Å². The monoisotopic (exact) mass is 392 g/mol. The highest BCUT2D eigenvalue weighted by atomic mass is 35.5. The first-order valence-corrected chi connectivity index (χ1v) is 8.73. The molecule has 0 amide bonds. The van der Waals surface area contributed by atoms with Gasteiger partial charge in [-0.2, -0.15) is 13.2 Å². The van der Waals surface area contributed by atoms with Crippen molar-refractivity contribution < 1.29 is 21.6 Å². The predicted molar refractivity (Wildman–Crippen MR) is 89.7 cm³/mol. The molecule has 0 aliphatic carbocycles. The maximum absolute atomic E-state index is 13.0. The van der Waals surface area contributed by atoms with Gasteiger partial charge < -0.3 is 5.32 Å². The Bertz CT molecular complexity index is 870. The van der Waals surface area contributed by atoms with E-state index in [0.717, 1.165) is 35.9 Å². The zero-order valence-corrected chi connectivity index (χ0v) is 14.6. The van der Waals surface area contributed by atoms with Crippen LogP contribution in [-0.4, -0.2) is 8.42 Å². The SMILES string of the molecule is Cl.O=S(=O)(NCc1ccc2c(c1)CNC2)c1ccccc1C(F)(F)F. The molecular formula is C16H16ClF3N2O2S. The van der Waals surface area contributed by atoms with E-state index in [1.165, 1.54) is 6.07 Å². The van der Waals surface area contributed by atoms with Crippen LogP contribution in [0.15, 0.2) is 47.4 Å². The van der Waals surface area contributed by atoms with Gasteiger partial charge in [-0.15, -0.1) is 12.4 Å². The Morgan fingerprint density at radius 3 is 2.44 bits per heavy atom. The highest BCUT2D eigenvalue weighted by Crippen LogP contribution is 2.33. The molecule has 2 N–H and O–H groups in total. The van der Waals surface area contributed by atoms with Gasteiger partial charge in [-0.25, -0.2) is 13.1 Å². The van der Waals surface area contributed by atoms with E-state index in [0.29, 0.717) is 12.1 Å². The number of sulfonamides is 1. The number of hydrogen-bond donors (Lipinski definition) is 2. The minimum atomic E-state index is -4.73. The Balaban J connectivity index is 0.00000225. The lowest BCUT2D eigenvalue weighted by atomic mass is 10.1. The lowest BCUT2D eigenvalue weighted by Gasteiger charge is -2.14. The average Bonchev–Trinajstić information content (AvgIpc) is 3.00. The Hall–Kier alpha value is -1.61. The number of nitrogens with one attached hydrogen (secondary N) is 2. The quantitative estimate of drug-likeness (QED) is 0.840. The van der Waals surface area contributed by atoms with Crippen molar-refractivity contribution >= 4 is 22.4 Å². The Morgan fingerprint density at radius 1 is 1.04 bits per heavy atom. The summed E-state index contributed by atoms with van der Waals surface area (Å²) in [5, 5.41) is 3.17. The summed E-state index contributed by atoms with van der Waals surface area (Å²) in [6, 6.07) is 9.66. The Kier molecular flexibility index (Phi) is 5.78. The summed E-state index contributed by atoms with van der Waals surface area (Å²) in [6.45, 7) is 1.40. The molecule has 0 saturated heterocycles. The molecule has 0 aromatic heterocycles. The second-order valence-electron chi connectivity index (χ2n) is 5.53. The molecule has 0 spiro atoms. The molecule has 0 atom stereocenters. The number of halogens is 4. The first-order valence-electron chi connectivity index (χ1n) is 7.25. The molecule has 0 radical (unpaired) electrons. The molecule has 4 nitrogen and oxygen atoms in total. The summed E-state index contributed by atoms with van der Waals surface area (Å²) in [5.74, 6) is 0. The van der Waals surface area contributed by atoms with E-state index in [-0.39, 0.29) is 19.0 Å². The average molecular weight is 393 g/mol. The van der Waals surface area contributed by atoms with Gasteiger partial charge in [-0.05, 0) is 28.8 Å². The van der Waals surface area contributed by atoms with Gasteiger partial charge in [0.25, 0.3) is 0 Å². The molecule has 1 aliphatic rings. The van der Waals surface area contributed by atoms with E-state index < -0.39 is 26.7 Å². The van der Waals surface area contributed by atoms with Crippen LogP contribution in [0, 0.1) is 0 Å². The lowest BCUT2D eigenvalue weighted by molar-refractivity contribution is -0.139. The number of rotatable bonds is 4. The zero-order valence-electron chi connectivity index (χ0n) is 12.9. The van der Waals surface area contributed by atoms with Crippen LogP contribution in [0.3, 0.4) is 0 Å². The molecule has 1 heterocycles. The second kappa shape index (κ2) is 7.33. The fourth-order valence-corrected chi connectivity index (χ4v) is 3.89. The van der Waals surface area contributed by atoms with Crippen LogP contribution in [0.5, 0.6) is 0 Å². The van der Waals surface area contributed by atoms with Crippen molar-refractivity contribution in [2.24, 2.45) is 0 Å². The van der Waals surface area contributed by atoms with Gasteiger partial charge in [0, 0.05) is 19.6 Å². The largest absolute Gasteiger partial charge is 0.417 e. The van der Waals surface area contributed by atoms with Crippen LogP contribution < -0.4 is 10.0 Å². The van der Waals surface area contributed by atoms with E-state index in [1.54, 1.807) is 6.07 Å². The number of benzene rings is 2. The minimum absolute atomic E-state index is 0. The molecule has 0 fully saturated rings. The highest BCUT2D eigenvalue weighted by molar-refractivity contribution is 7.89. The fraction of sp³-hybridized carbons (Fsp3) is 0.250. The van der Waals surface area contributed by atoms with Gasteiger partial charge in [0.1, 0.15) is 0 Å². The molecule has 136 valence electrons. The summed E-state index contributed by atoms with van der Waals surface area (Å²) in [6.07, 6.45) is -4.73. The summed E-state index contributed by atoms with van der Waals surface area (Å²) >= 11 is 0. The lowest BCUT2D eigenvalue weighted by Crippen LogP contribution is -2.26. The van der Waals surface area contributed by atoms with Crippen molar-refractivity contribution in [1.82, 2.24) is 10.0 Å². The Morgan fingerprint density at radius 2 is 1.72 bits per heavy atom. The van der Waals surface area contributed by atoms with Crippen molar-refractivity contribution in [2.75, 3.05) is 0 Å². The summed E-state index contributed by atoms with van der Waals surface area (Å²) in [4.78, 5) is -0.764. The zero-order chi connectivity index (χ0) is 17.4. The van der Waals surface area contributed by atoms with E-state index in [2.05, 4.69) is 10.0 Å². The maximum Gasteiger partial charge on any atom is 0.417 e. The van der Waals surface area contributed by atoms with Gasteiger partial charge in [0.05, 0.1) is 10.5 Å². The first-order chi connectivity index (χ1) is 11.3. The van der Waals surface area contributed by atoms with Crippen LogP contribution in [0.2, 0.25) is 0 Å². The molecule has 1 aliphatic heterocycles. The van der Waals surface area contributed by atoms with Crippen LogP contribution in [0.25, 0.3) is 0 Å². The third-order valence-corrected chi connectivity index (χ3v) is 5.31. The molecule has 0 unspecified atom stereocenters. The van der Waals surface area contributed by atoms with Gasteiger partial charge in [0.2, 0.25) is 10.0 Å². The van der Waals surface area contributed by atoms with Crippen LogP contribution in [0.1, 0.15) is 22.3 Å². The fourth-order valence-electron chi connectivity index (χ4n) is 2.65. The van der Waals surface area contributed by atoms with E-state index in [4.69, 9.17) is 0 Å².